The van der Waals surface area contributed by atoms with Gasteiger partial charge in [0.15, 0.2) is 11.5 Å². The van der Waals surface area contributed by atoms with E-state index in [1.807, 2.05) is 25.2 Å². The lowest BCUT2D eigenvalue weighted by Gasteiger charge is -2.33. The minimum absolute atomic E-state index is 0.00731. The van der Waals surface area contributed by atoms with Crippen LogP contribution in [-0.4, -0.2) is 63.2 Å². The Kier molecular flexibility index (Phi) is 5.44. The second-order valence-corrected chi connectivity index (χ2v) is 12.0. The van der Waals surface area contributed by atoms with Gasteiger partial charge >= 0.3 is 0 Å². The van der Waals surface area contributed by atoms with Gasteiger partial charge in [-0.2, -0.15) is 4.31 Å². The second-order valence-electron chi connectivity index (χ2n) is 9.07. The fourth-order valence-electron chi connectivity index (χ4n) is 5.27. The standard InChI is InChI=1S/C24H27N3O5S2/c1-26-10-9-16-17(13-26)20(30-2)21-22(32-14-31-21)23(16)34(28,29)27-11-7-15(8-12-27)24-25-18-5-3-4-6-19(18)33-24/h3-6,15H,7-14H2,1-2H3. The van der Waals surface area contributed by atoms with Gasteiger partial charge in [-0.3, -0.25) is 0 Å². The number of fused-ring (bicyclic) bond motifs is 3. The molecule has 34 heavy (non-hydrogen) atoms. The van der Waals surface area contributed by atoms with Crippen molar-refractivity contribution in [2.75, 3.05) is 40.6 Å². The molecule has 8 nitrogen and oxygen atoms in total. The Morgan fingerprint density at radius 2 is 1.85 bits per heavy atom. The Morgan fingerprint density at radius 1 is 1.09 bits per heavy atom. The lowest BCUT2D eigenvalue weighted by molar-refractivity contribution is 0.169. The molecule has 6 rings (SSSR count). The highest BCUT2D eigenvalue weighted by Crippen LogP contribution is 2.52. The van der Waals surface area contributed by atoms with Crippen molar-refractivity contribution in [1.29, 1.82) is 0 Å². The molecule has 0 aliphatic carbocycles. The molecule has 0 amide bonds. The van der Waals surface area contributed by atoms with Crippen LogP contribution in [0.2, 0.25) is 0 Å². The van der Waals surface area contributed by atoms with E-state index in [1.54, 1.807) is 22.8 Å². The molecule has 0 N–H and O–H groups in total. The molecule has 3 aromatic rings. The van der Waals surface area contributed by atoms with Crippen molar-refractivity contribution in [1.82, 2.24) is 14.2 Å². The minimum atomic E-state index is -3.76. The van der Waals surface area contributed by atoms with Gasteiger partial charge in [0, 0.05) is 37.7 Å². The zero-order valence-corrected chi connectivity index (χ0v) is 20.9. The number of sulfonamides is 1. The third-order valence-corrected chi connectivity index (χ3v) is 10.2. The number of ether oxygens (including phenoxy) is 3. The fraction of sp³-hybridized carbons (Fsp3) is 0.458. The number of benzene rings is 2. The highest BCUT2D eigenvalue weighted by atomic mass is 32.2. The number of hydrogen-bond donors (Lipinski definition) is 0. The molecule has 0 radical (unpaired) electrons. The predicted octanol–water partition coefficient (Wildman–Crippen LogP) is 3.59. The first-order valence-corrected chi connectivity index (χ1v) is 13.8. The van der Waals surface area contributed by atoms with Gasteiger partial charge in [-0.15, -0.1) is 11.3 Å². The van der Waals surface area contributed by atoms with Crippen LogP contribution >= 0.6 is 11.3 Å². The van der Waals surface area contributed by atoms with E-state index < -0.39 is 10.0 Å². The summed E-state index contributed by atoms with van der Waals surface area (Å²) in [6, 6.07) is 8.14. The van der Waals surface area contributed by atoms with Crippen LogP contribution in [0.25, 0.3) is 10.2 Å². The second kappa shape index (κ2) is 8.37. The van der Waals surface area contributed by atoms with Gasteiger partial charge < -0.3 is 19.1 Å². The summed E-state index contributed by atoms with van der Waals surface area (Å²) in [6.45, 7) is 2.29. The van der Waals surface area contributed by atoms with E-state index in [-0.39, 0.29) is 17.6 Å². The summed E-state index contributed by atoms with van der Waals surface area (Å²) >= 11 is 1.71. The Labute approximate surface area is 203 Å². The molecule has 10 heteroatoms. The number of para-hydroxylation sites is 1. The summed E-state index contributed by atoms with van der Waals surface area (Å²) in [7, 11) is -0.152. The highest BCUT2D eigenvalue weighted by Gasteiger charge is 2.41. The number of methoxy groups -OCH3 is 1. The Morgan fingerprint density at radius 3 is 2.62 bits per heavy atom. The van der Waals surface area contributed by atoms with Crippen LogP contribution in [0.3, 0.4) is 0 Å². The first-order chi connectivity index (χ1) is 16.5. The summed E-state index contributed by atoms with van der Waals surface area (Å²) in [4.78, 5) is 7.23. The molecule has 3 aliphatic heterocycles. The third kappa shape index (κ3) is 3.46. The monoisotopic (exact) mass is 501 g/mol. The number of hydrogen-bond acceptors (Lipinski definition) is 8. The molecule has 2 aromatic carbocycles. The molecule has 1 saturated heterocycles. The van der Waals surface area contributed by atoms with Crippen LogP contribution in [0.15, 0.2) is 29.2 Å². The molecule has 0 bridgehead atoms. The quantitative estimate of drug-likeness (QED) is 0.540. The van der Waals surface area contributed by atoms with Crippen molar-refractivity contribution in [3.63, 3.8) is 0 Å². The summed E-state index contributed by atoms with van der Waals surface area (Å²) < 4.78 is 47.9. The Bertz CT molecular complexity index is 1330. The highest BCUT2D eigenvalue weighted by molar-refractivity contribution is 7.89. The molecule has 180 valence electrons. The van der Waals surface area contributed by atoms with Crippen LogP contribution in [0, 0.1) is 0 Å². The van der Waals surface area contributed by atoms with Crippen molar-refractivity contribution in [2.45, 2.75) is 36.6 Å². The lowest BCUT2D eigenvalue weighted by atomic mass is 9.97. The van der Waals surface area contributed by atoms with Crippen molar-refractivity contribution in [2.24, 2.45) is 0 Å². The van der Waals surface area contributed by atoms with Gasteiger partial charge in [0.2, 0.25) is 22.6 Å². The van der Waals surface area contributed by atoms with E-state index in [2.05, 4.69) is 11.0 Å². The molecule has 0 atom stereocenters. The van der Waals surface area contributed by atoms with Gasteiger partial charge in [0.05, 0.1) is 22.3 Å². The van der Waals surface area contributed by atoms with Crippen LogP contribution in [0.5, 0.6) is 17.2 Å². The van der Waals surface area contributed by atoms with Crippen molar-refractivity contribution >= 4 is 31.6 Å². The molecule has 0 unspecified atom stereocenters. The van der Waals surface area contributed by atoms with Gasteiger partial charge in [-0.05, 0) is 44.0 Å². The van der Waals surface area contributed by atoms with E-state index in [1.165, 1.54) is 4.70 Å². The maximum atomic E-state index is 14.0. The van der Waals surface area contributed by atoms with Gasteiger partial charge in [-0.25, -0.2) is 13.4 Å². The van der Waals surface area contributed by atoms with Gasteiger partial charge in [0.25, 0.3) is 0 Å². The van der Waals surface area contributed by atoms with Crippen LogP contribution in [0.4, 0.5) is 0 Å². The lowest BCUT2D eigenvalue weighted by Crippen LogP contribution is -2.39. The average molecular weight is 502 g/mol. The number of piperidine rings is 1. The van der Waals surface area contributed by atoms with E-state index in [4.69, 9.17) is 19.2 Å². The SMILES string of the molecule is COc1c2c(c(S(=O)(=O)N3CCC(c4nc5ccccc5s4)CC3)c3c1OCO3)CCN(C)C2. The average Bonchev–Trinajstić information content (AvgIpc) is 3.49. The largest absolute Gasteiger partial charge is 0.492 e. The Hall–Kier alpha value is -2.40. The van der Waals surface area contributed by atoms with E-state index >= 15 is 0 Å². The normalized spacial score (nSPS) is 19.5. The number of thiazole rings is 1. The topological polar surface area (TPSA) is 81.2 Å². The maximum Gasteiger partial charge on any atom is 0.247 e. The van der Waals surface area contributed by atoms with Crippen molar-refractivity contribution in [3.8, 4) is 17.2 Å². The molecule has 4 heterocycles. The molecule has 0 spiro atoms. The number of likely N-dealkylation sites (N-methyl/N-ethyl adjacent to an activating group) is 1. The van der Waals surface area contributed by atoms with E-state index in [0.29, 0.717) is 43.3 Å². The maximum absolute atomic E-state index is 14.0. The zero-order valence-electron chi connectivity index (χ0n) is 19.2. The molecular weight excluding hydrogens is 474 g/mol. The molecule has 0 saturated carbocycles. The first-order valence-electron chi connectivity index (χ1n) is 11.5. The fourth-order valence-corrected chi connectivity index (χ4v) is 8.28. The number of aromatic nitrogens is 1. The van der Waals surface area contributed by atoms with Crippen LogP contribution in [-0.2, 0) is 23.0 Å². The summed E-state index contributed by atoms with van der Waals surface area (Å²) in [5.74, 6) is 1.56. The zero-order chi connectivity index (χ0) is 23.4. The number of rotatable bonds is 4. The number of nitrogens with zero attached hydrogens (tertiary/aromatic N) is 3. The van der Waals surface area contributed by atoms with Gasteiger partial charge in [-0.1, -0.05) is 12.1 Å². The van der Waals surface area contributed by atoms with E-state index in [9.17, 15) is 8.42 Å². The van der Waals surface area contributed by atoms with Crippen LogP contribution < -0.4 is 14.2 Å². The minimum Gasteiger partial charge on any atom is -0.492 e. The summed E-state index contributed by atoms with van der Waals surface area (Å²) in [5, 5.41) is 1.10. The third-order valence-electron chi connectivity index (χ3n) is 7.02. The predicted molar refractivity (Wildman–Crippen MR) is 130 cm³/mol. The first kappa shape index (κ1) is 22.1. The van der Waals surface area contributed by atoms with Crippen molar-refractivity contribution in [3.05, 3.63) is 40.4 Å². The Balaban J connectivity index is 1.33. The summed E-state index contributed by atoms with van der Waals surface area (Å²) in [5.41, 5.74) is 2.69. The smallest absolute Gasteiger partial charge is 0.247 e. The van der Waals surface area contributed by atoms with Crippen LogP contribution in [0.1, 0.15) is 34.9 Å². The molecule has 3 aliphatic rings. The molecular formula is C24H27N3O5S2. The van der Waals surface area contributed by atoms with Gasteiger partial charge in [0.1, 0.15) is 4.90 Å². The molecule has 1 fully saturated rings. The van der Waals surface area contributed by atoms with E-state index in [0.717, 1.165) is 41.0 Å². The molecule has 1 aromatic heterocycles. The summed E-state index contributed by atoms with van der Waals surface area (Å²) in [6.07, 6.45) is 2.12. The van der Waals surface area contributed by atoms with Crippen molar-refractivity contribution < 1.29 is 22.6 Å².